The lowest BCUT2D eigenvalue weighted by molar-refractivity contribution is -0.123. The lowest BCUT2D eigenvalue weighted by Gasteiger charge is -2.24. The van der Waals surface area contributed by atoms with Gasteiger partial charge in [0.25, 0.3) is 0 Å². The Labute approximate surface area is 125 Å². The summed E-state index contributed by atoms with van der Waals surface area (Å²) in [6, 6.07) is 5.92. The van der Waals surface area contributed by atoms with Crippen molar-refractivity contribution in [2.75, 3.05) is 32.1 Å². The Bertz CT molecular complexity index is 535. The number of rotatable bonds is 3. The van der Waals surface area contributed by atoms with Crippen LogP contribution < -0.4 is 4.90 Å². The molecule has 0 bridgehead atoms. The first kappa shape index (κ1) is 13.9. The van der Waals surface area contributed by atoms with Crippen LogP contribution in [0.2, 0.25) is 5.02 Å². The Hall–Kier alpha value is -1.06. The van der Waals surface area contributed by atoms with Crippen molar-refractivity contribution >= 4 is 23.2 Å². The van der Waals surface area contributed by atoms with Gasteiger partial charge < -0.3 is 9.80 Å². The fourth-order valence-corrected chi connectivity index (χ4v) is 3.77. The van der Waals surface area contributed by atoms with Gasteiger partial charge in [-0.25, -0.2) is 0 Å². The second-order valence-electron chi connectivity index (χ2n) is 6.21. The SMILES string of the molecule is CN(C)CCN1C(=O)C2(CCCC2)c2cc(Cl)ccc21. The number of anilines is 1. The molecule has 0 unspecified atom stereocenters. The van der Waals surface area contributed by atoms with Gasteiger partial charge in [-0.1, -0.05) is 24.4 Å². The number of carbonyl (C=O) groups excluding carboxylic acids is 1. The second kappa shape index (κ2) is 5.05. The molecule has 1 aromatic carbocycles. The maximum Gasteiger partial charge on any atom is 0.237 e. The topological polar surface area (TPSA) is 23.6 Å². The summed E-state index contributed by atoms with van der Waals surface area (Å²) in [6.07, 6.45) is 4.22. The summed E-state index contributed by atoms with van der Waals surface area (Å²) in [5, 5.41) is 0.734. The number of nitrogens with zero attached hydrogens (tertiary/aromatic N) is 2. The van der Waals surface area contributed by atoms with Crippen molar-refractivity contribution in [2.24, 2.45) is 0 Å². The molecule has 3 nitrogen and oxygen atoms in total. The number of hydrogen-bond acceptors (Lipinski definition) is 2. The van der Waals surface area contributed by atoms with Gasteiger partial charge in [0.2, 0.25) is 5.91 Å². The summed E-state index contributed by atoms with van der Waals surface area (Å²) >= 11 is 6.17. The molecular formula is C16H21ClN2O. The van der Waals surface area contributed by atoms with E-state index in [1.165, 1.54) is 0 Å². The lowest BCUT2D eigenvalue weighted by Crippen LogP contribution is -2.41. The zero-order valence-electron chi connectivity index (χ0n) is 12.2. The van der Waals surface area contributed by atoms with E-state index >= 15 is 0 Å². The second-order valence-corrected chi connectivity index (χ2v) is 6.65. The van der Waals surface area contributed by atoms with Gasteiger partial charge in [0.05, 0.1) is 5.41 Å². The van der Waals surface area contributed by atoms with Crippen molar-refractivity contribution in [1.82, 2.24) is 4.90 Å². The third-order valence-corrected chi connectivity index (χ3v) is 4.88. The molecule has 20 heavy (non-hydrogen) atoms. The largest absolute Gasteiger partial charge is 0.310 e. The minimum atomic E-state index is -0.285. The van der Waals surface area contributed by atoms with E-state index in [0.29, 0.717) is 0 Å². The zero-order chi connectivity index (χ0) is 14.3. The summed E-state index contributed by atoms with van der Waals surface area (Å²) in [4.78, 5) is 17.1. The van der Waals surface area contributed by atoms with Crippen LogP contribution in [0, 0.1) is 0 Å². The molecule has 2 aliphatic rings. The molecule has 3 rings (SSSR count). The van der Waals surface area contributed by atoms with Crippen LogP contribution in [0.3, 0.4) is 0 Å². The average molecular weight is 293 g/mol. The van der Waals surface area contributed by atoms with Crippen LogP contribution in [-0.4, -0.2) is 38.0 Å². The van der Waals surface area contributed by atoms with Crippen LogP contribution in [0.15, 0.2) is 18.2 Å². The maximum atomic E-state index is 13.0. The molecule has 1 saturated carbocycles. The molecule has 1 heterocycles. The van der Waals surface area contributed by atoms with Crippen molar-refractivity contribution in [1.29, 1.82) is 0 Å². The predicted molar refractivity (Wildman–Crippen MR) is 82.5 cm³/mol. The standard InChI is InChI=1S/C16H21ClN2O/c1-18(2)9-10-19-14-6-5-12(17)11-13(14)16(15(19)20)7-3-4-8-16/h5-6,11H,3-4,7-10H2,1-2H3. The maximum absolute atomic E-state index is 13.0. The van der Waals surface area contributed by atoms with Crippen molar-refractivity contribution < 1.29 is 4.79 Å². The van der Waals surface area contributed by atoms with E-state index < -0.39 is 0 Å². The Balaban J connectivity index is 2.01. The number of carbonyl (C=O) groups is 1. The van der Waals surface area contributed by atoms with Crippen LogP contribution in [-0.2, 0) is 10.2 Å². The van der Waals surface area contributed by atoms with Gasteiger partial charge in [-0.3, -0.25) is 4.79 Å². The van der Waals surface area contributed by atoms with Crippen molar-refractivity contribution in [3.63, 3.8) is 0 Å². The van der Waals surface area contributed by atoms with E-state index in [-0.39, 0.29) is 11.3 Å². The van der Waals surface area contributed by atoms with Gasteiger partial charge in [0, 0.05) is 23.8 Å². The van der Waals surface area contributed by atoms with Crippen LogP contribution in [0.1, 0.15) is 31.2 Å². The van der Waals surface area contributed by atoms with Crippen LogP contribution in [0.25, 0.3) is 0 Å². The number of amides is 1. The molecule has 0 aromatic heterocycles. The third-order valence-electron chi connectivity index (χ3n) is 4.65. The van der Waals surface area contributed by atoms with Crippen LogP contribution >= 0.6 is 11.6 Å². The highest BCUT2D eigenvalue weighted by Crippen LogP contribution is 2.51. The fraction of sp³-hybridized carbons (Fsp3) is 0.562. The molecule has 0 N–H and O–H groups in total. The van der Waals surface area contributed by atoms with Crippen molar-refractivity contribution in [3.8, 4) is 0 Å². The van der Waals surface area contributed by atoms with E-state index in [4.69, 9.17) is 11.6 Å². The minimum Gasteiger partial charge on any atom is -0.310 e. The van der Waals surface area contributed by atoms with Crippen molar-refractivity contribution in [3.05, 3.63) is 28.8 Å². The summed E-state index contributed by atoms with van der Waals surface area (Å²) in [7, 11) is 4.07. The summed E-state index contributed by atoms with van der Waals surface area (Å²) in [6.45, 7) is 1.63. The molecule has 1 amide bonds. The molecule has 108 valence electrons. The summed E-state index contributed by atoms with van der Waals surface area (Å²) < 4.78 is 0. The molecule has 4 heteroatoms. The quantitative estimate of drug-likeness (QED) is 0.855. The van der Waals surface area contributed by atoms with Gasteiger partial charge in [0.1, 0.15) is 0 Å². The molecule has 1 aromatic rings. The number of fused-ring (bicyclic) bond motifs is 2. The number of hydrogen-bond donors (Lipinski definition) is 0. The van der Waals surface area contributed by atoms with E-state index in [1.807, 2.05) is 37.2 Å². The highest BCUT2D eigenvalue weighted by atomic mass is 35.5. The average Bonchev–Trinajstić information content (AvgIpc) is 2.97. The van der Waals surface area contributed by atoms with Gasteiger partial charge in [0.15, 0.2) is 0 Å². The van der Waals surface area contributed by atoms with Gasteiger partial charge >= 0.3 is 0 Å². The van der Waals surface area contributed by atoms with E-state index in [0.717, 1.165) is 55.0 Å². The zero-order valence-corrected chi connectivity index (χ0v) is 12.9. The lowest BCUT2D eigenvalue weighted by atomic mass is 9.80. The minimum absolute atomic E-state index is 0.285. The Morgan fingerprint density at radius 3 is 2.65 bits per heavy atom. The van der Waals surface area contributed by atoms with Crippen LogP contribution in [0.5, 0.6) is 0 Å². The number of benzene rings is 1. The normalized spacial score (nSPS) is 20.2. The third kappa shape index (κ3) is 2.04. The molecular weight excluding hydrogens is 272 g/mol. The van der Waals surface area contributed by atoms with E-state index in [9.17, 15) is 4.79 Å². The molecule has 0 atom stereocenters. The highest BCUT2D eigenvalue weighted by Gasteiger charge is 2.51. The first-order valence-corrected chi connectivity index (χ1v) is 7.69. The molecule has 0 saturated heterocycles. The smallest absolute Gasteiger partial charge is 0.237 e. The highest BCUT2D eigenvalue weighted by molar-refractivity contribution is 6.31. The van der Waals surface area contributed by atoms with E-state index in [1.54, 1.807) is 0 Å². The Kier molecular flexibility index (Phi) is 3.51. The predicted octanol–water partition coefficient (Wildman–Crippen LogP) is 3.06. The number of halogens is 1. The first-order valence-electron chi connectivity index (χ1n) is 7.31. The Morgan fingerprint density at radius 2 is 2.00 bits per heavy atom. The fourth-order valence-electron chi connectivity index (χ4n) is 3.59. The van der Waals surface area contributed by atoms with Gasteiger partial charge in [-0.15, -0.1) is 0 Å². The van der Waals surface area contributed by atoms with Gasteiger partial charge in [-0.05, 0) is 50.7 Å². The first-order chi connectivity index (χ1) is 9.54. The molecule has 1 aliphatic carbocycles. The Morgan fingerprint density at radius 1 is 1.30 bits per heavy atom. The molecule has 0 radical (unpaired) electrons. The molecule has 1 fully saturated rings. The molecule has 1 aliphatic heterocycles. The van der Waals surface area contributed by atoms with Crippen molar-refractivity contribution in [2.45, 2.75) is 31.1 Å². The molecule has 1 spiro atoms. The van der Waals surface area contributed by atoms with E-state index in [2.05, 4.69) is 4.90 Å². The monoisotopic (exact) mass is 292 g/mol. The van der Waals surface area contributed by atoms with Gasteiger partial charge in [-0.2, -0.15) is 0 Å². The summed E-state index contributed by atoms with van der Waals surface area (Å²) in [5.41, 5.74) is 1.95. The number of likely N-dealkylation sites (N-methyl/N-ethyl adjacent to an activating group) is 1. The van der Waals surface area contributed by atoms with Crippen LogP contribution in [0.4, 0.5) is 5.69 Å². The summed E-state index contributed by atoms with van der Waals surface area (Å²) in [5.74, 6) is 0.286.